The number of nitrogens with two attached hydrogens (primary N) is 1. The first kappa shape index (κ1) is 18.2. The molecule has 1 aromatic carbocycles. The van der Waals surface area contributed by atoms with E-state index in [1.54, 1.807) is 4.90 Å². The van der Waals surface area contributed by atoms with Gasteiger partial charge in [0.15, 0.2) is 0 Å². The van der Waals surface area contributed by atoms with Gasteiger partial charge in [-0.05, 0) is 49.6 Å². The molecule has 23 heavy (non-hydrogen) atoms. The Morgan fingerprint density at radius 3 is 2.39 bits per heavy atom. The van der Waals surface area contributed by atoms with Crippen molar-refractivity contribution in [1.82, 2.24) is 9.21 Å². The molecule has 128 valence electrons. The zero-order valence-electron chi connectivity index (χ0n) is 13.1. The predicted octanol–water partition coefficient (Wildman–Crippen LogP) is 1.16. The Morgan fingerprint density at radius 1 is 1.30 bits per heavy atom. The number of rotatable bonds is 5. The summed E-state index contributed by atoms with van der Waals surface area (Å²) in [6, 6.07) is 5.90. The maximum Gasteiger partial charge on any atom is 0.243 e. The van der Waals surface area contributed by atoms with E-state index in [-0.39, 0.29) is 17.3 Å². The van der Waals surface area contributed by atoms with Gasteiger partial charge in [-0.1, -0.05) is 11.6 Å². The molecule has 0 unspecified atom stereocenters. The summed E-state index contributed by atoms with van der Waals surface area (Å²) >= 11 is 5.77. The van der Waals surface area contributed by atoms with Crippen molar-refractivity contribution < 1.29 is 13.2 Å². The summed E-state index contributed by atoms with van der Waals surface area (Å²) in [4.78, 5) is 14.1. The van der Waals surface area contributed by atoms with E-state index < -0.39 is 10.0 Å². The van der Waals surface area contributed by atoms with Gasteiger partial charge in [-0.15, -0.1) is 0 Å². The summed E-state index contributed by atoms with van der Waals surface area (Å²) in [5, 5.41) is 0.463. The standard InChI is InChI=1S/C15H22ClN3O3S/c1-18(23(21,22)14-4-2-13(16)3-5-14)11-15(20)19-8-6-12(10-17)7-9-19/h2-5,12H,6-11,17H2,1H3. The number of sulfonamides is 1. The van der Waals surface area contributed by atoms with Crippen LogP contribution in [-0.2, 0) is 14.8 Å². The van der Waals surface area contributed by atoms with E-state index in [9.17, 15) is 13.2 Å². The van der Waals surface area contributed by atoms with Crippen molar-refractivity contribution in [2.45, 2.75) is 17.7 Å². The number of halogens is 1. The van der Waals surface area contributed by atoms with Gasteiger partial charge in [0.05, 0.1) is 11.4 Å². The molecule has 8 heteroatoms. The number of benzene rings is 1. The van der Waals surface area contributed by atoms with E-state index in [2.05, 4.69) is 0 Å². The summed E-state index contributed by atoms with van der Waals surface area (Å²) in [6.45, 7) is 1.73. The van der Waals surface area contributed by atoms with Gasteiger partial charge in [0.2, 0.25) is 15.9 Å². The lowest BCUT2D eigenvalue weighted by Gasteiger charge is -2.32. The summed E-state index contributed by atoms with van der Waals surface area (Å²) < 4.78 is 26.0. The Bertz CT molecular complexity index is 640. The van der Waals surface area contributed by atoms with Gasteiger partial charge in [-0.2, -0.15) is 4.31 Å². The molecule has 1 aliphatic heterocycles. The van der Waals surface area contributed by atoms with Gasteiger partial charge >= 0.3 is 0 Å². The zero-order chi connectivity index (χ0) is 17.0. The van der Waals surface area contributed by atoms with Crippen LogP contribution in [0.3, 0.4) is 0 Å². The fourth-order valence-corrected chi connectivity index (χ4v) is 3.83. The minimum atomic E-state index is -3.70. The van der Waals surface area contributed by atoms with Crippen LogP contribution in [0.5, 0.6) is 0 Å². The number of hydrogen-bond acceptors (Lipinski definition) is 4. The Hall–Kier alpha value is -1.15. The lowest BCUT2D eigenvalue weighted by molar-refractivity contribution is -0.132. The molecule has 0 bridgehead atoms. The number of piperidine rings is 1. The SMILES string of the molecule is CN(CC(=O)N1CCC(CN)CC1)S(=O)(=O)c1ccc(Cl)cc1. The molecule has 0 radical (unpaired) electrons. The van der Waals surface area contributed by atoms with Gasteiger partial charge in [-0.3, -0.25) is 4.79 Å². The van der Waals surface area contributed by atoms with Crippen molar-refractivity contribution in [2.24, 2.45) is 11.7 Å². The van der Waals surface area contributed by atoms with Crippen LogP contribution in [0.4, 0.5) is 0 Å². The van der Waals surface area contributed by atoms with E-state index >= 15 is 0 Å². The first-order valence-corrected chi connectivity index (χ1v) is 9.36. The zero-order valence-corrected chi connectivity index (χ0v) is 14.7. The maximum atomic E-state index is 12.5. The van der Waals surface area contributed by atoms with Crippen LogP contribution in [0.2, 0.25) is 5.02 Å². The number of likely N-dealkylation sites (N-methyl/N-ethyl adjacent to an activating group) is 1. The largest absolute Gasteiger partial charge is 0.342 e. The summed E-state index contributed by atoms with van der Waals surface area (Å²) in [7, 11) is -2.29. The van der Waals surface area contributed by atoms with Crippen LogP contribution >= 0.6 is 11.6 Å². The summed E-state index contributed by atoms with van der Waals surface area (Å²) in [6.07, 6.45) is 1.74. The third kappa shape index (κ3) is 4.44. The van der Waals surface area contributed by atoms with Crippen LogP contribution in [-0.4, -0.2) is 56.8 Å². The molecule has 6 nitrogen and oxygen atoms in total. The average molecular weight is 360 g/mol. The first-order chi connectivity index (χ1) is 10.8. The second-order valence-electron chi connectivity index (χ2n) is 5.77. The van der Waals surface area contributed by atoms with Gasteiger partial charge < -0.3 is 10.6 Å². The fraction of sp³-hybridized carbons (Fsp3) is 0.533. The molecule has 0 spiro atoms. The minimum absolute atomic E-state index is 0.124. The number of amides is 1. The molecule has 2 N–H and O–H groups in total. The number of carbonyl (C=O) groups excluding carboxylic acids is 1. The molecular weight excluding hydrogens is 338 g/mol. The molecule has 1 aliphatic rings. The highest BCUT2D eigenvalue weighted by Crippen LogP contribution is 2.19. The van der Waals surface area contributed by atoms with Crippen molar-refractivity contribution in [2.75, 3.05) is 33.2 Å². The van der Waals surface area contributed by atoms with Crippen LogP contribution in [0.25, 0.3) is 0 Å². The van der Waals surface area contributed by atoms with Crippen molar-refractivity contribution in [3.8, 4) is 0 Å². The highest BCUT2D eigenvalue weighted by Gasteiger charge is 2.27. The van der Waals surface area contributed by atoms with Crippen LogP contribution in [0.15, 0.2) is 29.2 Å². The molecule has 1 aromatic rings. The second-order valence-corrected chi connectivity index (χ2v) is 8.26. The van der Waals surface area contributed by atoms with Gasteiger partial charge in [0, 0.05) is 25.2 Å². The van der Waals surface area contributed by atoms with E-state index in [4.69, 9.17) is 17.3 Å². The quantitative estimate of drug-likeness (QED) is 0.855. The third-order valence-electron chi connectivity index (χ3n) is 4.18. The van der Waals surface area contributed by atoms with Crippen LogP contribution < -0.4 is 5.73 Å². The molecule has 0 aliphatic carbocycles. The highest BCUT2D eigenvalue weighted by molar-refractivity contribution is 7.89. The average Bonchev–Trinajstić information content (AvgIpc) is 2.55. The molecule has 0 saturated carbocycles. The Labute approximate surface area is 142 Å². The smallest absolute Gasteiger partial charge is 0.243 e. The molecule has 1 saturated heterocycles. The number of carbonyl (C=O) groups is 1. The molecule has 1 fully saturated rings. The number of hydrogen-bond donors (Lipinski definition) is 1. The molecule has 0 atom stereocenters. The lowest BCUT2D eigenvalue weighted by Crippen LogP contribution is -2.45. The molecule has 2 rings (SSSR count). The highest BCUT2D eigenvalue weighted by atomic mass is 35.5. The summed E-state index contributed by atoms with van der Waals surface area (Å²) in [5.74, 6) is 0.273. The Kier molecular flexibility index (Phi) is 6.02. The van der Waals surface area contributed by atoms with Gasteiger partial charge in [0.1, 0.15) is 0 Å². The number of nitrogens with zero attached hydrogens (tertiary/aromatic N) is 2. The minimum Gasteiger partial charge on any atom is -0.342 e. The summed E-state index contributed by atoms with van der Waals surface area (Å²) in [5.41, 5.74) is 5.64. The van der Waals surface area contributed by atoms with Crippen LogP contribution in [0, 0.1) is 5.92 Å². The van der Waals surface area contributed by atoms with Crippen molar-refractivity contribution in [3.05, 3.63) is 29.3 Å². The topological polar surface area (TPSA) is 83.7 Å². The maximum absolute atomic E-state index is 12.5. The number of likely N-dealkylation sites (tertiary alicyclic amines) is 1. The van der Waals surface area contributed by atoms with E-state index in [1.165, 1.54) is 31.3 Å². The monoisotopic (exact) mass is 359 g/mol. The van der Waals surface area contributed by atoms with E-state index in [0.717, 1.165) is 17.1 Å². The molecule has 1 heterocycles. The van der Waals surface area contributed by atoms with Gasteiger partial charge in [0.25, 0.3) is 0 Å². The molecule has 0 aromatic heterocycles. The van der Waals surface area contributed by atoms with Gasteiger partial charge in [-0.25, -0.2) is 8.42 Å². The molecular formula is C15H22ClN3O3S. The van der Waals surface area contributed by atoms with Crippen LogP contribution in [0.1, 0.15) is 12.8 Å². The first-order valence-electron chi connectivity index (χ1n) is 7.54. The third-order valence-corrected chi connectivity index (χ3v) is 6.25. The Balaban J connectivity index is 1.99. The Morgan fingerprint density at radius 2 is 1.87 bits per heavy atom. The van der Waals surface area contributed by atoms with Crippen molar-refractivity contribution >= 4 is 27.5 Å². The van der Waals surface area contributed by atoms with E-state index in [0.29, 0.717) is 30.6 Å². The lowest BCUT2D eigenvalue weighted by atomic mass is 9.97. The normalized spacial score (nSPS) is 16.8. The molecule has 1 amide bonds. The predicted molar refractivity (Wildman–Crippen MR) is 89.6 cm³/mol. The van der Waals surface area contributed by atoms with E-state index in [1.807, 2.05) is 0 Å². The fourth-order valence-electron chi connectivity index (χ4n) is 2.58. The second kappa shape index (κ2) is 7.61. The van der Waals surface area contributed by atoms with Crippen molar-refractivity contribution in [3.63, 3.8) is 0 Å². The van der Waals surface area contributed by atoms with Crippen molar-refractivity contribution in [1.29, 1.82) is 0 Å².